The smallest absolute Gasteiger partial charge is 0.123 e. The highest BCUT2D eigenvalue weighted by molar-refractivity contribution is 7.11. The number of rotatable bonds is 5. The van der Waals surface area contributed by atoms with Crippen molar-refractivity contribution in [3.05, 3.63) is 15.6 Å². The van der Waals surface area contributed by atoms with Crippen molar-refractivity contribution in [1.82, 2.24) is 15.2 Å². The molecule has 120 valence electrons. The van der Waals surface area contributed by atoms with Crippen molar-refractivity contribution in [1.29, 1.82) is 0 Å². The monoisotopic (exact) mass is 311 g/mol. The zero-order valence-corrected chi connectivity index (χ0v) is 14.8. The molecule has 1 N–H and O–H groups in total. The fourth-order valence-electron chi connectivity index (χ4n) is 2.59. The molecule has 1 aliphatic rings. The third-order valence-electron chi connectivity index (χ3n) is 3.83. The molecule has 1 aliphatic heterocycles. The van der Waals surface area contributed by atoms with Crippen LogP contribution in [0.4, 0.5) is 0 Å². The first-order valence-electron chi connectivity index (χ1n) is 8.00. The number of nitrogens with zero attached hydrogens (tertiary/aromatic N) is 2. The van der Waals surface area contributed by atoms with E-state index in [4.69, 9.17) is 9.72 Å². The van der Waals surface area contributed by atoms with Crippen LogP contribution in [0.25, 0.3) is 0 Å². The first-order valence-corrected chi connectivity index (χ1v) is 8.82. The SMILES string of the molecule is CCNCc1sc(C2CN(CC)CCO2)nc1C(C)(C)C. The topological polar surface area (TPSA) is 37.4 Å². The Balaban J connectivity index is 2.21. The maximum Gasteiger partial charge on any atom is 0.123 e. The second-order valence-corrected chi connectivity index (χ2v) is 7.72. The lowest BCUT2D eigenvalue weighted by molar-refractivity contribution is -0.0283. The third-order valence-corrected chi connectivity index (χ3v) is 4.98. The summed E-state index contributed by atoms with van der Waals surface area (Å²) in [5, 5.41) is 4.58. The molecule has 5 heteroatoms. The van der Waals surface area contributed by atoms with E-state index in [1.54, 1.807) is 0 Å². The van der Waals surface area contributed by atoms with Crippen molar-refractivity contribution < 1.29 is 4.74 Å². The number of nitrogens with one attached hydrogen (secondary N) is 1. The third kappa shape index (κ3) is 4.25. The Morgan fingerprint density at radius 2 is 2.14 bits per heavy atom. The van der Waals surface area contributed by atoms with E-state index in [0.29, 0.717) is 0 Å². The molecule has 0 spiro atoms. The van der Waals surface area contributed by atoms with Gasteiger partial charge in [0.2, 0.25) is 0 Å². The minimum Gasteiger partial charge on any atom is -0.368 e. The maximum atomic E-state index is 5.97. The van der Waals surface area contributed by atoms with Crippen LogP contribution in [-0.2, 0) is 16.7 Å². The van der Waals surface area contributed by atoms with E-state index < -0.39 is 0 Å². The van der Waals surface area contributed by atoms with E-state index in [9.17, 15) is 0 Å². The van der Waals surface area contributed by atoms with E-state index in [-0.39, 0.29) is 11.5 Å². The minimum atomic E-state index is 0.0820. The number of thiazole rings is 1. The lowest BCUT2D eigenvalue weighted by atomic mass is 9.91. The van der Waals surface area contributed by atoms with Crippen molar-refractivity contribution in [3.63, 3.8) is 0 Å². The Hall–Kier alpha value is -0.490. The second-order valence-electron chi connectivity index (χ2n) is 6.61. The standard InChI is InChI=1S/C16H29N3OS/c1-6-17-10-13-14(16(3,4)5)18-15(21-13)12-11-19(7-2)8-9-20-12/h12,17H,6-11H2,1-5H3. The molecule has 21 heavy (non-hydrogen) atoms. The normalized spacial score (nSPS) is 20.9. The fourth-order valence-corrected chi connectivity index (χ4v) is 3.88. The summed E-state index contributed by atoms with van der Waals surface area (Å²) >= 11 is 1.82. The molecular formula is C16H29N3OS. The highest BCUT2D eigenvalue weighted by Gasteiger charge is 2.28. The van der Waals surface area contributed by atoms with Crippen LogP contribution >= 0.6 is 11.3 Å². The molecule has 0 bridgehead atoms. The van der Waals surface area contributed by atoms with Crippen molar-refractivity contribution >= 4 is 11.3 Å². The number of hydrogen-bond donors (Lipinski definition) is 1. The van der Waals surface area contributed by atoms with Gasteiger partial charge in [0.15, 0.2) is 0 Å². The summed E-state index contributed by atoms with van der Waals surface area (Å²) in [4.78, 5) is 8.75. The quantitative estimate of drug-likeness (QED) is 0.907. The maximum absolute atomic E-state index is 5.97. The molecule has 4 nitrogen and oxygen atoms in total. The van der Waals surface area contributed by atoms with E-state index in [2.05, 4.69) is 44.8 Å². The van der Waals surface area contributed by atoms with Crippen LogP contribution in [0.3, 0.4) is 0 Å². The zero-order chi connectivity index (χ0) is 15.5. The molecule has 1 aromatic rings. The number of likely N-dealkylation sites (N-methyl/N-ethyl adjacent to an activating group) is 1. The molecule has 0 amide bonds. The van der Waals surface area contributed by atoms with Crippen LogP contribution in [0.1, 0.15) is 56.3 Å². The fraction of sp³-hybridized carbons (Fsp3) is 0.812. The Morgan fingerprint density at radius 3 is 2.76 bits per heavy atom. The van der Waals surface area contributed by atoms with Gasteiger partial charge < -0.3 is 10.1 Å². The van der Waals surface area contributed by atoms with Crippen molar-refractivity contribution in [2.75, 3.05) is 32.8 Å². The molecule has 2 rings (SSSR count). The van der Waals surface area contributed by atoms with E-state index >= 15 is 0 Å². The number of ether oxygens (including phenoxy) is 1. The van der Waals surface area contributed by atoms with Crippen LogP contribution in [-0.4, -0.2) is 42.7 Å². The molecule has 0 radical (unpaired) electrons. The van der Waals surface area contributed by atoms with Crippen LogP contribution in [0.15, 0.2) is 0 Å². The van der Waals surface area contributed by atoms with E-state index in [0.717, 1.165) is 44.3 Å². The zero-order valence-electron chi connectivity index (χ0n) is 14.0. The average Bonchev–Trinajstić information content (AvgIpc) is 2.89. The molecule has 1 saturated heterocycles. The van der Waals surface area contributed by atoms with Crippen molar-refractivity contribution in [2.45, 2.75) is 52.7 Å². The Bertz CT molecular complexity index is 453. The summed E-state index contributed by atoms with van der Waals surface area (Å²) in [5.41, 5.74) is 1.30. The summed E-state index contributed by atoms with van der Waals surface area (Å²) in [6, 6.07) is 0. The van der Waals surface area contributed by atoms with Gasteiger partial charge in [-0.15, -0.1) is 11.3 Å². The van der Waals surface area contributed by atoms with Gasteiger partial charge in [-0.3, -0.25) is 4.90 Å². The van der Waals surface area contributed by atoms with Gasteiger partial charge in [0.05, 0.1) is 12.3 Å². The van der Waals surface area contributed by atoms with Crippen LogP contribution in [0, 0.1) is 0 Å². The Labute approximate surface area is 132 Å². The lowest BCUT2D eigenvalue weighted by Gasteiger charge is -2.30. The molecular weight excluding hydrogens is 282 g/mol. The second kappa shape index (κ2) is 7.18. The Kier molecular flexibility index (Phi) is 5.77. The molecule has 2 heterocycles. The summed E-state index contributed by atoms with van der Waals surface area (Å²) in [6.07, 6.45) is 0.139. The number of morpholine rings is 1. The molecule has 1 unspecified atom stereocenters. The van der Waals surface area contributed by atoms with Gasteiger partial charge >= 0.3 is 0 Å². The predicted molar refractivity (Wildman–Crippen MR) is 89.0 cm³/mol. The van der Waals surface area contributed by atoms with Crippen LogP contribution < -0.4 is 5.32 Å². The van der Waals surface area contributed by atoms with E-state index in [1.807, 2.05) is 11.3 Å². The molecule has 0 aromatic carbocycles. The largest absolute Gasteiger partial charge is 0.368 e. The van der Waals surface area contributed by atoms with Gasteiger partial charge in [-0.2, -0.15) is 0 Å². The average molecular weight is 311 g/mol. The number of aromatic nitrogens is 1. The van der Waals surface area contributed by atoms with Gasteiger partial charge in [-0.1, -0.05) is 34.6 Å². The van der Waals surface area contributed by atoms with Crippen molar-refractivity contribution in [2.24, 2.45) is 0 Å². The first-order chi connectivity index (χ1) is 9.95. The van der Waals surface area contributed by atoms with Crippen LogP contribution in [0.2, 0.25) is 0 Å². The van der Waals surface area contributed by atoms with Gasteiger partial charge in [-0.25, -0.2) is 4.98 Å². The van der Waals surface area contributed by atoms with E-state index in [1.165, 1.54) is 10.6 Å². The van der Waals surface area contributed by atoms with Gasteiger partial charge in [-0.05, 0) is 13.1 Å². The molecule has 0 saturated carbocycles. The minimum absolute atomic E-state index is 0.0820. The summed E-state index contributed by atoms with van der Waals surface area (Å²) in [6.45, 7) is 16.9. The Morgan fingerprint density at radius 1 is 1.38 bits per heavy atom. The van der Waals surface area contributed by atoms with Crippen LogP contribution in [0.5, 0.6) is 0 Å². The molecule has 0 aliphatic carbocycles. The summed E-state index contributed by atoms with van der Waals surface area (Å²) in [5.74, 6) is 0. The predicted octanol–water partition coefficient (Wildman–Crippen LogP) is 2.94. The summed E-state index contributed by atoms with van der Waals surface area (Å²) < 4.78 is 5.97. The highest BCUT2D eigenvalue weighted by Crippen LogP contribution is 2.34. The van der Waals surface area contributed by atoms with Gasteiger partial charge in [0, 0.05) is 29.9 Å². The summed E-state index contributed by atoms with van der Waals surface area (Å²) in [7, 11) is 0. The number of hydrogen-bond acceptors (Lipinski definition) is 5. The molecule has 1 atom stereocenters. The molecule has 1 fully saturated rings. The van der Waals surface area contributed by atoms with Gasteiger partial charge in [0.25, 0.3) is 0 Å². The molecule has 1 aromatic heterocycles. The van der Waals surface area contributed by atoms with Gasteiger partial charge in [0.1, 0.15) is 11.1 Å². The lowest BCUT2D eigenvalue weighted by Crippen LogP contribution is -2.38. The van der Waals surface area contributed by atoms with Crippen molar-refractivity contribution in [3.8, 4) is 0 Å². The first kappa shape index (κ1) is 16.9. The highest BCUT2D eigenvalue weighted by atomic mass is 32.1.